The number of rotatable bonds is 1. The van der Waals surface area contributed by atoms with Crippen molar-refractivity contribution in [3.8, 4) is 5.69 Å². The first-order valence-electron chi connectivity index (χ1n) is 4.83. The standard InChI is InChI=1S/C12H8F3NO/c13-12(14,15)10-3-1-2-4-11(10)16-7-5-9(17)6-8-16/h1-8H. The molecule has 0 bridgehead atoms. The van der Waals surface area contributed by atoms with Crippen molar-refractivity contribution >= 4 is 0 Å². The van der Waals surface area contributed by atoms with Gasteiger partial charge in [0.2, 0.25) is 0 Å². The molecule has 2 nitrogen and oxygen atoms in total. The van der Waals surface area contributed by atoms with E-state index in [9.17, 15) is 18.0 Å². The molecule has 0 amide bonds. The zero-order chi connectivity index (χ0) is 12.5. The lowest BCUT2D eigenvalue weighted by Crippen LogP contribution is -2.11. The molecule has 1 aromatic heterocycles. The average Bonchev–Trinajstić information content (AvgIpc) is 2.29. The Bertz CT molecular complexity index is 566. The van der Waals surface area contributed by atoms with Crippen molar-refractivity contribution in [2.45, 2.75) is 6.18 Å². The van der Waals surface area contributed by atoms with Gasteiger partial charge in [-0.25, -0.2) is 0 Å². The predicted molar refractivity (Wildman–Crippen MR) is 57.0 cm³/mol. The van der Waals surface area contributed by atoms with E-state index in [-0.39, 0.29) is 11.1 Å². The number of aromatic nitrogens is 1. The molecule has 5 heteroatoms. The van der Waals surface area contributed by atoms with Crippen LogP contribution in [-0.4, -0.2) is 4.57 Å². The fourth-order valence-corrected chi connectivity index (χ4v) is 1.51. The Morgan fingerprint density at radius 3 is 2.12 bits per heavy atom. The normalized spacial score (nSPS) is 11.5. The molecule has 0 atom stereocenters. The Hall–Kier alpha value is -2.04. The SMILES string of the molecule is O=c1ccn(-c2ccccc2C(F)(F)F)cc1. The maximum absolute atomic E-state index is 12.7. The van der Waals surface area contributed by atoms with Gasteiger partial charge >= 0.3 is 6.18 Å². The van der Waals surface area contributed by atoms with Crippen LogP contribution in [0, 0.1) is 0 Å². The van der Waals surface area contributed by atoms with Gasteiger partial charge in [0.05, 0.1) is 11.3 Å². The lowest BCUT2D eigenvalue weighted by Gasteiger charge is -2.14. The molecule has 0 spiro atoms. The van der Waals surface area contributed by atoms with Gasteiger partial charge in [-0.15, -0.1) is 0 Å². The molecular weight excluding hydrogens is 231 g/mol. The largest absolute Gasteiger partial charge is 0.418 e. The van der Waals surface area contributed by atoms with Crippen molar-refractivity contribution in [3.63, 3.8) is 0 Å². The predicted octanol–water partition coefficient (Wildman–Crippen LogP) is 2.86. The highest BCUT2D eigenvalue weighted by atomic mass is 19.4. The van der Waals surface area contributed by atoms with Gasteiger partial charge in [-0.05, 0) is 12.1 Å². The molecule has 0 N–H and O–H groups in total. The minimum absolute atomic E-state index is 0.000000000000000444. The number of pyridine rings is 1. The fraction of sp³-hybridized carbons (Fsp3) is 0.0833. The van der Waals surface area contributed by atoms with Crippen LogP contribution in [0.15, 0.2) is 53.6 Å². The summed E-state index contributed by atoms with van der Waals surface area (Å²) < 4.78 is 39.5. The Morgan fingerprint density at radius 2 is 1.53 bits per heavy atom. The average molecular weight is 239 g/mol. The number of hydrogen-bond acceptors (Lipinski definition) is 1. The lowest BCUT2D eigenvalue weighted by molar-refractivity contribution is -0.137. The Balaban J connectivity index is 2.60. The highest BCUT2D eigenvalue weighted by Crippen LogP contribution is 2.33. The maximum Gasteiger partial charge on any atom is 0.418 e. The minimum Gasteiger partial charge on any atom is -0.323 e. The van der Waals surface area contributed by atoms with Gasteiger partial charge in [-0.1, -0.05) is 12.1 Å². The summed E-state index contributed by atoms with van der Waals surface area (Å²) in [6.45, 7) is 0. The van der Waals surface area contributed by atoms with Crippen molar-refractivity contribution in [2.24, 2.45) is 0 Å². The molecule has 2 aromatic rings. The van der Waals surface area contributed by atoms with Crippen LogP contribution in [0.5, 0.6) is 0 Å². The summed E-state index contributed by atoms with van der Waals surface area (Å²) in [5, 5.41) is 0. The summed E-state index contributed by atoms with van der Waals surface area (Å²) in [6.07, 6.45) is -1.79. The third-order valence-corrected chi connectivity index (χ3v) is 2.29. The molecule has 0 unspecified atom stereocenters. The Labute approximate surface area is 94.9 Å². The molecule has 0 fully saturated rings. The number of benzene rings is 1. The molecule has 1 aromatic carbocycles. The van der Waals surface area contributed by atoms with E-state index in [2.05, 4.69) is 0 Å². The summed E-state index contributed by atoms with van der Waals surface area (Å²) >= 11 is 0. The second kappa shape index (κ2) is 4.08. The molecule has 0 saturated heterocycles. The van der Waals surface area contributed by atoms with E-state index in [1.807, 2.05) is 0 Å². The van der Waals surface area contributed by atoms with Gasteiger partial charge in [-0.3, -0.25) is 4.79 Å². The summed E-state index contributed by atoms with van der Waals surface area (Å²) in [7, 11) is 0. The first kappa shape index (κ1) is 11.4. The smallest absolute Gasteiger partial charge is 0.323 e. The van der Waals surface area contributed by atoms with Crippen molar-refractivity contribution in [2.75, 3.05) is 0 Å². The second-order valence-corrected chi connectivity index (χ2v) is 3.46. The van der Waals surface area contributed by atoms with E-state index in [1.165, 1.54) is 47.3 Å². The van der Waals surface area contributed by atoms with Crippen molar-refractivity contribution in [1.82, 2.24) is 4.57 Å². The monoisotopic (exact) mass is 239 g/mol. The van der Waals surface area contributed by atoms with Gasteiger partial charge in [0.15, 0.2) is 5.43 Å². The molecular formula is C12H8F3NO. The maximum atomic E-state index is 12.7. The molecule has 0 radical (unpaired) electrons. The van der Waals surface area contributed by atoms with Crippen LogP contribution < -0.4 is 5.43 Å². The van der Waals surface area contributed by atoms with Crippen LogP contribution in [0.25, 0.3) is 5.69 Å². The van der Waals surface area contributed by atoms with E-state index in [1.54, 1.807) is 0 Å². The number of para-hydroxylation sites is 1. The van der Waals surface area contributed by atoms with Gasteiger partial charge in [-0.2, -0.15) is 13.2 Å². The van der Waals surface area contributed by atoms with E-state index in [0.717, 1.165) is 6.07 Å². The zero-order valence-corrected chi connectivity index (χ0v) is 8.61. The molecule has 1 heterocycles. The number of alkyl halides is 3. The van der Waals surface area contributed by atoms with Crippen LogP contribution in [0.2, 0.25) is 0 Å². The van der Waals surface area contributed by atoms with Gasteiger partial charge in [0, 0.05) is 24.5 Å². The van der Waals surface area contributed by atoms with Gasteiger partial charge in [0.1, 0.15) is 0 Å². The van der Waals surface area contributed by atoms with Crippen LogP contribution in [0.3, 0.4) is 0 Å². The molecule has 0 aliphatic carbocycles. The summed E-state index contributed by atoms with van der Waals surface area (Å²) in [5.41, 5.74) is -0.977. The highest BCUT2D eigenvalue weighted by molar-refractivity contribution is 5.42. The first-order chi connectivity index (χ1) is 7.98. The molecule has 0 saturated carbocycles. The molecule has 88 valence electrons. The lowest BCUT2D eigenvalue weighted by atomic mass is 10.1. The van der Waals surface area contributed by atoms with Crippen LogP contribution in [0.1, 0.15) is 5.56 Å². The number of nitrogens with zero attached hydrogens (tertiary/aromatic N) is 1. The fourth-order valence-electron chi connectivity index (χ4n) is 1.51. The topological polar surface area (TPSA) is 22.0 Å². The third kappa shape index (κ3) is 2.38. The van der Waals surface area contributed by atoms with Crippen molar-refractivity contribution in [3.05, 3.63) is 64.6 Å². The van der Waals surface area contributed by atoms with E-state index < -0.39 is 11.7 Å². The van der Waals surface area contributed by atoms with E-state index in [4.69, 9.17) is 0 Å². The molecule has 2 rings (SSSR count). The highest BCUT2D eigenvalue weighted by Gasteiger charge is 2.33. The first-order valence-corrected chi connectivity index (χ1v) is 4.83. The summed E-state index contributed by atoms with van der Waals surface area (Å²) in [5.74, 6) is 0. The van der Waals surface area contributed by atoms with Crippen LogP contribution >= 0.6 is 0 Å². The van der Waals surface area contributed by atoms with Crippen molar-refractivity contribution in [1.29, 1.82) is 0 Å². The molecule has 17 heavy (non-hydrogen) atoms. The number of hydrogen-bond donors (Lipinski definition) is 0. The van der Waals surface area contributed by atoms with E-state index >= 15 is 0 Å². The summed E-state index contributed by atoms with van der Waals surface area (Å²) in [4.78, 5) is 10.9. The Kier molecular flexibility index (Phi) is 2.75. The molecule has 0 aliphatic heterocycles. The quantitative estimate of drug-likeness (QED) is 0.750. The Morgan fingerprint density at radius 1 is 0.941 bits per heavy atom. The zero-order valence-electron chi connectivity index (χ0n) is 8.61. The summed E-state index contributed by atoms with van der Waals surface area (Å²) in [6, 6.07) is 7.64. The number of halogens is 3. The van der Waals surface area contributed by atoms with E-state index in [0.29, 0.717) is 0 Å². The van der Waals surface area contributed by atoms with Crippen LogP contribution in [0.4, 0.5) is 13.2 Å². The van der Waals surface area contributed by atoms with Gasteiger partial charge in [0.25, 0.3) is 0 Å². The third-order valence-electron chi connectivity index (χ3n) is 2.29. The molecule has 0 aliphatic rings. The van der Waals surface area contributed by atoms with Crippen molar-refractivity contribution < 1.29 is 13.2 Å². The van der Waals surface area contributed by atoms with Gasteiger partial charge < -0.3 is 4.57 Å². The van der Waals surface area contributed by atoms with Crippen LogP contribution in [-0.2, 0) is 6.18 Å². The minimum atomic E-state index is -4.42. The second-order valence-electron chi connectivity index (χ2n) is 3.46.